The number of piperidine rings is 1. The van der Waals surface area contributed by atoms with Crippen LogP contribution in [0.25, 0.3) is 0 Å². The Morgan fingerprint density at radius 1 is 1.25 bits per heavy atom. The van der Waals surface area contributed by atoms with Gasteiger partial charge in [-0.25, -0.2) is 0 Å². The van der Waals surface area contributed by atoms with E-state index in [0.717, 1.165) is 11.1 Å². The third-order valence-corrected chi connectivity index (χ3v) is 3.59. The number of carbonyl (C=O) groups excluding carboxylic acids is 2. The molecule has 20 heavy (non-hydrogen) atoms. The normalized spacial score (nSPS) is 16.1. The Kier molecular flexibility index (Phi) is 4.39. The Bertz CT molecular complexity index is 520. The third kappa shape index (κ3) is 3.36. The van der Waals surface area contributed by atoms with Crippen LogP contribution in [0.4, 0.5) is 5.69 Å². The number of hydrogen-bond acceptors (Lipinski definition) is 3. The molecule has 2 rings (SSSR count). The molecule has 5 heteroatoms. The molecule has 0 atom stereocenters. The van der Waals surface area contributed by atoms with E-state index >= 15 is 0 Å². The summed E-state index contributed by atoms with van der Waals surface area (Å²) < 4.78 is 0. The number of benzene rings is 1. The lowest BCUT2D eigenvalue weighted by Crippen LogP contribution is -2.45. The molecule has 1 aromatic rings. The fourth-order valence-electron chi connectivity index (χ4n) is 2.26. The highest BCUT2D eigenvalue weighted by Crippen LogP contribution is 2.17. The molecule has 0 spiro atoms. The van der Waals surface area contributed by atoms with E-state index in [4.69, 9.17) is 0 Å². The molecule has 1 saturated heterocycles. The number of nitrogens with zero attached hydrogens (tertiary/aromatic N) is 1. The van der Waals surface area contributed by atoms with E-state index in [9.17, 15) is 14.7 Å². The SMILES string of the molecule is Cc1ccc(C)c(NC(=O)C(=O)N2CCC(O)CC2)c1. The van der Waals surface area contributed by atoms with Gasteiger partial charge in [0.25, 0.3) is 0 Å². The van der Waals surface area contributed by atoms with Crippen LogP contribution in [0.3, 0.4) is 0 Å². The number of aryl methyl sites for hydroxylation is 2. The number of hydrogen-bond donors (Lipinski definition) is 2. The van der Waals surface area contributed by atoms with Gasteiger partial charge in [0.1, 0.15) is 0 Å². The maximum Gasteiger partial charge on any atom is 0.313 e. The molecule has 0 aliphatic carbocycles. The van der Waals surface area contributed by atoms with E-state index in [1.165, 1.54) is 4.90 Å². The summed E-state index contributed by atoms with van der Waals surface area (Å²) >= 11 is 0. The summed E-state index contributed by atoms with van der Waals surface area (Å²) in [4.78, 5) is 25.5. The van der Waals surface area contributed by atoms with Gasteiger partial charge in [0.05, 0.1) is 6.10 Å². The number of carbonyl (C=O) groups is 2. The Morgan fingerprint density at radius 2 is 1.90 bits per heavy atom. The van der Waals surface area contributed by atoms with Crippen LogP contribution in [0.1, 0.15) is 24.0 Å². The minimum absolute atomic E-state index is 0.360. The number of likely N-dealkylation sites (tertiary alicyclic amines) is 1. The molecular weight excluding hydrogens is 256 g/mol. The zero-order valence-corrected chi connectivity index (χ0v) is 11.8. The van der Waals surface area contributed by atoms with Gasteiger partial charge in [-0.3, -0.25) is 9.59 Å². The molecule has 1 aromatic carbocycles. The Hall–Kier alpha value is -1.88. The van der Waals surface area contributed by atoms with Crippen LogP contribution in [-0.4, -0.2) is 41.0 Å². The topological polar surface area (TPSA) is 69.6 Å². The maximum absolute atomic E-state index is 12.0. The largest absolute Gasteiger partial charge is 0.393 e. The lowest BCUT2D eigenvalue weighted by Gasteiger charge is -2.29. The zero-order valence-electron chi connectivity index (χ0n) is 11.8. The van der Waals surface area contributed by atoms with Gasteiger partial charge in [0, 0.05) is 18.8 Å². The van der Waals surface area contributed by atoms with E-state index in [0.29, 0.717) is 31.6 Å². The molecule has 1 fully saturated rings. The second-order valence-corrected chi connectivity index (χ2v) is 5.30. The van der Waals surface area contributed by atoms with Gasteiger partial charge in [0.2, 0.25) is 0 Å². The minimum atomic E-state index is -0.616. The smallest absolute Gasteiger partial charge is 0.313 e. The standard InChI is InChI=1S/C15H20N2O3/c1-10-3-4-11(2)13(9-10)16-14(19)15(20)17-7-5-12(18)6-8-17/h3-4,9,12,18H,5-8H2,1-2H3,(H,16,19). The van der Waals surface area contributed by atoms with Crippen LogP contribution in [-0.2, 0) is 9.59 Å². The highest BCUT2D eigenvalue weighted by Gasteiger charge is 2.26. The van der Waals surface area contributed by atoms with E-state index in [1.807, 2.05) is 32.0 Å². The van der Waals surface area contributed by atoms with Crippen LogP contribution in [0, 0.1) is 13.8 Å². The highest BCUT2D eigenvalue weighted by molar-refractivity contribution is 6.39. The predicted molar refractivity (Wildman–Crippen MR) is 76.4 cm³/mol. The van der Waals surface area contributed by atoms with Gasteiger partial charge in [-0.15, -0.1) is 0 Å². The number of amides is 2. The van der Waals surface area contributed by atoms with Gasteiger partial charge >= 0.3 is 11.8 Å². The number of nitrogens with one attached hydrogen (secondary N) is 1. The summed E-state index contributed by atoms with van der Waals surface area (Å²) in [5.41, 5.74) is 2.62. The molecule has 0 saturated carbocycles. The molecule has 108 valence electrons. The molecule has 2 N–H and O–H groups in total. The maximum atomic E-state index is 12.0. The Morgan fingerprint density at radius 3 is 2.55 bits per heavy atom. The van der Waals surface area contributed by atoms with Crippen molar-refractivity contribution >= 4 is 17.5 Å². The monoisotopic (exact) mass is 276 g/mol. The summed E-state index contributed by atoms with van der Waals surface area (Å²) in [6.45, 7) is 4.68. The third-order valence-electron chi connectivity index (χ3n) is 3.59. The van der Waals surface area contributed by atoms with Gasteiger partial charge in [-0.05, 0) is 43.9 Å². The molecule has 2 amide bonds. The van der Waals surface area contributed by atoms with Crippen molar-refractivity contribution in [1.82, 2.24) is 4.90 Å². The summed E-state index contributed by atoms with van der Waals surface area (Å²) in [7, 11) is 0. The van der Waals surface area contributed by atoms with Gasteiger partial charge < -0.3 is 15.3 Å². The van der Waals surface area contributed by atoms with Crippen molar-refractivity contribution in [2.24, 2.45) is 0 Å². The number of aliphatic hydroxyl groups excluding tert-OH is 1. The zero-order chi connectivity index (χ0) is 14.7. The quantitative estimate of drug-likeness (QED) is 0.758. The van der Waals surface area contributed by atoms with Crippen LogP contribution < -0.4 is 5.32 Å². The van der Waals surface area contributed by atoms with E-state index in [2.05, 4.69) is 5.32 Å². The van der Waals surface area contributed by atoms with Crippen molar-refractivity contribution in [3.8, 4) is 0 Å². The molecule has 1 aliphatic heterocycles. The van der Waals surface area contributed by atoms with Crippen molar-refractivity contribution in [3.05, 3.63) is 29.3 Å². The van der Waals surface area contributed by atoms with Crippen LogP contribution in [0.2, 0.25) is 0 Å². The Labute approximate surface area is 118 Å². The van der Waals surface area contributed by atoms with E-state index in [-0.39, 0.29) is 6.10 Å². The van der Waals surface area contributed by atoms with Crippen molar-refractivity contribution in [1.29, 1.82) is 0 Å². The first-order chi connectivity index (χ1) is 9.47. The fraction of sp³-hybridized carbons (Fsp3) is 0.467. The number of aliphatic hydroxyl groups is 1. The van der Waals surface area contributed by atoms with E-state index < -0.39 is 11.8 Å². The molecule has 1 heterocycles. The predicted octanol–water partition coefficient (Wildman–Crippen LogP) is 1.23. The van der Waals surface area contributed by atoms with Gasteiger partial charge in [-0.2, -0.15) is 0 Å². The highest BCUT2D eigenvalue weighted by atomic mass is 16.3. The second kappa shape index (κ2) is 6.05. The van der Waals surface area contributed by atoms with Crippen molar-refractivity contribution < 1.29 is 14.7 Å². The lowest BCUT2D eigenvalue weighted by molar-refractivity contribution is -0.144. The Balaban J connectivity index is 2.01. The van der Waals surface area contributed by atoms with Crippen molar-refractivity contribution in [2.45, 2.75) is 32.8 Å². The van der Waals surface area contributed by atoms with Gasteiger partial charge in [0.15, 0.2) is 0 Å². The molecule has 0 unspecified atom stereocenters. The van der Waals surface area contributed by atoms with E-state index in [1.54, 1.807) is 0 Å². The second-order valence-electron chi connectivity index (χ2n) is 5.30. The first-order valence-corrected chi connectivity index (χ1v) is 6.83. The average Bonchev–Trinajstić information content (AvgIpc) is 2.43. The summed E-state index contributed by atoms with van der Waals surface area (Å²) in [6, 6.07) is 5.71. The molecule has 5 nitrogen and oxygen atoms in total. The first kappa shape index (κ1) is 14.5. The van der Waals surface area contributed by atoms with Crippen LogP contribution >= 0.6 is 0 Å². The summed E-state index contributed by atoms with van der Waals surface area (Å²) in [6.07, 6.45) is 0.700. The lowest BCUT2D eigenvalue weighted by atomic mass is 10.1. The molecule has 0 bridgehead atoms. The minimum Gasteiger partial charge on any atom is -0.393 e. The summed E-state index contributed by atoms with van der Waals surface area (Å²) in [5.74, 6) is -1.15. The molecular formula is C15H20N2O3. The molecule has 0 radical (unpaired) electrons. The first-order valence-electron chi connectivity index (χ1n) is 6.83. The molecule has 0 aromatic heterocycles. The molecule has 1 aliphatic rings. The average molecular weight is 276 g/mol. The van der Waals surface area contributed by atoms with Gasteiger partial charge in [-0.1, -0.05) is 12.1 Å². The fourth-order valence-corrected chi connectivity index (χ4v) is 2.26. The van der Waals surface area contributed by atoms with Crippen LogP contribution in [0.15, 0.2) is 18.2 Å². The number of rotatable bonds is 1. The van der Waals surface area contributed by atoms with Crippen molar-refractivity contribution in [3.63, 3.8) is 0 Å². The van der Waals surface area contributed by atoms with Crippen molar-refractivity contribution in [2.75, 3.05) is 18.4 Å². The van der Waals surface area contributed by atoms with Crippen LogP contribution in [0.5, 0.6) is 0 Å². The summed E-state index contributed by atoms with van der Waals surface area (Å²) in [5, 5.41) is 12.1. The number of anilines is 1.